The van der Waals surface area contributed by atoms with Crippen molar-refractivity contribution in [2.45, 2.75) is 44.8 Å². The minimum Gasteiger partial charge on any atom is -0.487 e. The molecule has 0 aliphatic carbocycles. The van der Waals surface area contributed by atoms with Gasteiger partial charge in [0.2, 0.25) is 0 Å². The van der Waals surface area contributed by atoms with Crippen molar-refractivity contribution in [2.24, 2.45) is 0 Å². The van der Waals surface area contributed by atoms with Crippen LogP contribution in [0.1, 0.15) is 36.8 Å². The van der Waals surface area contributed by atoms with Crippen molar-refractivity contribution in [1.29, 1.82) is 0 Å². The van der Waals surface area contributed by atoms with Gasteiger partial charge in [0.15, 0.2) is 11.6 Å². The highest BCUT2D eigenvalue weighted by atomic mass is 19.1. The normalized spacial score (nSPS) is 23.4. The SMILES string of the molecule is Fc1ccc2c(F)c1-c1cc3c(n[nH]c3cn1)-c1ccc3c(c1)CCN(CCCCN1CCC(CC1)O2)C3. The number of piperidine rings is 1. The summed E-state index contributed by atoms with van der Waals surface area (Å²) in [6, 6.07) is 10.9. The van der Waals surface area contributed by atoms with Crippen LogP contribution >= 0.6 is 0 Å². The number of aromatic amines is 1. The third-order valence-corrected chi connectivity index (χ3v) is 8.36. The number of hydrogen-bond acceptors (Lipinski definition) is 5. The van der Waals surface area contributed by atoms with Crippen LogP contribution in [0.5, 0.6) is 5.75 Å². The van der Waals surface area contributed by atoms with Crippen LogP contribution in [0.2, 0.25) is 0 Å². The Hall–Kier alpha value is -3.36. The van der Waals surface area contributed by atoms with Gasteiger partial charge in [-0.15, -0.1) is 0 Å². The minimum atomic E-state index is -0.704. The lowest BCUT2D eigenvalue weighted by Gasteiger charge is -2.33. The fourth-order valence-electron chi connectivity index (χ4n) is 6.18. The van der Waals surface area contributed by atoms with Crippen LogP contribution in [0.25, 0.3) is 33.4 Å². The minimum absolute atomic E-state index is 0.0822. The molecule has 1 unspecified atom stereocenters. The third-order valence-electron chi connectivity index (χ3n) is 8.36. The van der Waals surface area contributed by atoms with Gasteiger partial charge in [-0.1, -0.05) is 12.1 Å². The third kappa shape index (κ3) is 4.35. The predicted molar refractivity (Wildman–Crippen MR) is 143 cm³/mol. The highest BCUT2D eigenvalue weighted by molar-refractivity contribution is 5.94. The van der Waals surface area contributed by atoms with E-state index in [9.17, 15) is 0 Å². The van der Waals surface area contributed by atoms with E-state index in [1.165, 1.54) is 36.1 Å². The number of nitrogens with one attached hydrogen (secondary N) is 1. The lowest BCUT2D eigenvalue weighted by molar-refractivity contribution is 0.0955. The van der Waals surface area contributed by atoms with Gasteiger partial charge in [0.05, 0.1) is 23.0 Å². The maximum atomic E-state index is 15.7. The molecule has 8 aliphatic rings. The second-order valence-electron chi connectivity index (χ2n) is 10.8. The van der Waals surface area contributed by atoms with Gasteiger partial charge in [-0.25, -0.2) is 8.78 Å². The van der Waals surface area contributed by atoms with Crippen LogP contribution in [-0.4, -0.2) is 63.8 Å². The second-order valence-corrected chi connectivity index (χ2v) is 10.8. The number of nitrogens with zero attached hydrogens (tertiary/aromatic N) is 4. The maximum Gasteiger partial charge on any atom is 0.177 e. The average molecular weight is 516 g/mol. The van der Waals surface area contributed by atoms with Gasteiger partial charge in [-0.05, 0) is 80.6 Å². The second kappa shape index (κ2) is 9.75. The molecule has 38 heavy (non-hydrogen) atoms. The van der Waals surface area contributed by atoms with Gasteiger partial charge < -0.3 is 9.64 Å². The Kier molecular flexibility index (Phi) is 6.09. The molecule has 0 amide bonds. The summed E-state index contributed by atoms with van der Waals surface area (Å²) >= 11 is 0. The number of aromatic nitrogens is 3. The van der Waals surface area contributed by atoms with E-state index in [1.807, 2.05) is 0 Å². The summed E-state index contributed by atoms with van der Waals surface area (Å²) in [5.41, 5.74) is 5.25. The van der Waals surface area contributed by atoms with Gasteiger partial charge in [0, 0.05) is 37.1 Å². The number of pyridine rings is 1. The first-order valence-electron chi connectivity index (χ1n) is 13.7. The quantitative estimate of drug-likeness (QED) is 0.332. The first kappa shape index (κ1) is 23.7. The van der Waals surface area contributed by atoms with E-state index in [1.54, 1.807) is 12.3 Å². The first-order chi connectivity index (χ1) is 18.6. The Morgan fingerprint density at radius 2 is 1.74 bits per heavy atom. The number of halogens is 2. The highest BCUT2D eigenvalue weighted by Crippen LogP contribution is 2.36. The first-order valence-corrected chi connectivity index (χ1v) is 13.7. The zero-order valence-corrected chi connectivity index (χ0v) is 21.4. The Bertz CT molecular complexity index is 1490. The fraction of sp³-hybridized carbons (Fsp3) is 0.400. The lowest BCUT2D eigenvalue weighted by atomic mass is 9.95. The fourth-order valence-corrected chi connectivity index (χ4v) is 6.18. The van der Waals surface area contributed by atoms with E-state index in [2.05, 4.69) is 43.2 Å². The average Bonchev–Trinajstić information content (AvgIpc) is 3.36. The van der Waals surface area contributed by atoms with Crippen molar-refractivity contribution < 1.29 is 13.5 Å². The molecule has 1 N–H and O–H groups in total. The Balaban J connectivity index is 1.31. The van der Waals surface area contributed by atoms with Crippen molar-refractivity contribution >= 4 is 10.9 Å². The van der Waals surface area contributed by atoms with Gasteiger partial charge >= 0.3 is 0 Å². The largest absolute Gasteiger partial charge is 0.487 e. The van der Waals surface area contributed by atoms with Crippen LogP contribution in [0.15, 0.2) is 42.6 Å². The number of rotatable bonds is 0. The van der Waals surface area contributed by atoms with Crippen molar-refractivity contribution in [1.82, 2.24) is 25.0 Å². The molecular weight excluding hydrogens is 484 g/mol. The summed E-state index contributed by atoms with van der Waals surface area (Å²) in [7, 11) is 0. The smallest absolute Gasteiger partial charge is 0.177 e. The van der Waals surface area contributed by atoms with E-state index in [-0.39, 0.29) is 23.1 Å². The molecule has 6 nitrogen and oxygen atoms in total. The van der Waals surface area contributed by atoms with E-state index >= 15 is 8.78 Å². The van der Waals surface area contributed by atoms with Gasteiger partial charge in [-0.2, -0.15) is 5.10 Å². The molecule has 12 rings (SSSR count). The molecule has 196 valence electrons. The van der Waals surface area contributed by atoms with Crippen LogP contribution in [0.4, 0.5) is 8.78 Å². The van der Waals surface area contributed by atoms with Crippen LogP contribution in [-0.2, 0) is 13.0 Å². The maximum absolute atomic E-state index is 15.7. The van der Waals surface area contributed by atoms with E-state index in [0.29, 0.717) is 0 Å². The highest BCUT2D eigenvalue weighted by Gasteiger charge is 2.25. The summed E-state index contributed by atoms with van der Waals surface area (Å²) in [5, 5.41) is 8.38. The Labute approximate surface area is 220 Å². The molecule has 1 fully saturated rings. The monoisotopic (exact) mass is 515 g/mol. The standard InChI is InChI=1S/C30H31F2N5O/c31-24-5-6-27-29(32)28(24)25-16-23-26(17-33-25)34-35-30(23)20-3-4-21-18-37(12-7-19(21)15-20)11-2-1-10-36-13-8-22(38-27)9-14-36/h3-6,15-17,22H,1-2,7-14,18H2,(H,34,35). The Morgan fingerprint density at radius 3 is 2.61 bits per heavy atom. The van der Waals surface area contributed by atoms with Crippen LogP contribution < -0.4 is 4.74 Å². The molecule has 1 atom stereocenters. The van der Waals surface area contributed by atoms with Crippen molar-refractivity contribution in [2.75, 3.05) is 32.7 Å². The molecular formula is C30H31F2N5O. The zero-order valence-electron chi connectivity index (χ0n) is 21.4. The molecule has 2 aromatic carbocycles. The topological polar surface area (TPSA) is 57.3 Å². The molecule has 0 spiro atoms. The van der Waals surface area contributed by atoms with E-state index < -0.39 is 11.6 Å². The van der Waals surface area contributed by atoms with Gasteiger partial charge in [-0.3, -0.25) is 15.0 Å². The van der Waals surface area contributed by atoms with E-state index in [0.717, 1.165) is 80.7 Å². The van der Waals surface area contributed by atoms with Crippen LogP contribution in [0.3, 0.4) is 0 Å². The van der Waals surface area contributed by atoms with E-state index in [4.69, 9.17) is 4.74 Å². The molecule has 10 bridgehead atoms. The molecule has 2 aromatic heterocycles. The summed E-state index contributed by atoms with van der Waals surface area (Å²) in [5.74, 6) is -1.28. The lowest BCUT2D eigenvalue weighted by Crippen LogP contribution is -2.39. The van der Waals surface area contributed by atoms with Crippen molar-refractivity contribution in [3.63, 3.8) is 0 Å². The van der Waals surface area contributed by atoms with Crippen molar-refractivity contribution in [3.05, 3.63) is 65.4 Å². The van der Waals surface area contributed by atoms with Gasteiger partial charge in [0.1, 0.15) is 17.6 Å². The molecule has 8 aliphatic heterocycles. The van der Waals surface area contributed by atoms with Crippen LogP contribution in [0, 0.1) is 11.6 Å². The summed E-state index contributed by atoms with van der Waals surface area (Å²) in [6.45, 7) is 6.09. The summed E-state index contributed by atoms with van der Waals surface area (Å²) in [4.78, 5) is 9.43. The summed E-state index contributed by atoms with van der Waals surface area (Å²) < 4.78 is 36.8. The zero-order chi connectivity index (χ0) is 25.6. The number of H-pyrrole nitrogens is 1. The number of benzene rings is 2. The number of ether oxygens (including phenoxy) is 1. The molecule has 10 heterocycles. The molecule has 1 saturated heterocycles. The Morgan fingerprint density at radius 1 is 0.895 bits per heavy atom. The summed E-state index contributed by atoms with van der Waals surface area (Å²) in [6.07, 6.45) is 6.54. The van der Waals surface area contributed by atoms with Gasteiger partial charge in [0.25, 0.3) is 0 Å². The predicted octanol–water partition coefficient (Wildman–Crippen LogP) is 5.57. The molecule has 8 heteroatoms. The number of hydrogen-bond donors (Lipinski definition) is 1. The molecule has 0 saturated carbocycles. The molecule has 4 aromatic rings. The van der Waals surface area contributed by atoms with Crippen molar-refractivity contribution in [3.8, 4) is 28.3 Å². The molecule has 0 radical (unpaired) electrons.